The number of benzene rings is 1. The highest BCUT2D eigenvalue weighted by Gasteiger charge is 2.48. The van der Waals surface area contributed by atoms with E-state index in [1.165, 1.54) is 48.8 Å². The molecular formula is C22H28N6O6S. The Morgan fingerprint density at radius 1 is 1.17 bits per heavy atom. The van der Waals surface area contributed by atoms with Crippen LogP contribution < -0.4 is 16.8 Å². The lowest BCUT2D eigenvalue weighted by Crippen LogP contribution is -2.67. The van der Waals surface area contributed by atoms with E-state index in [0.29, 0.717) is 10.5 Å². The number of guanidine groups is 1. The number of aliphatic carboxylic acids is 1. The minimum atomic E-state index is -3.42. The van der Waals surface area contributed by atoms with Crippen LogP contribution in [0.25, 0.3) is 0 Å². The third kappa shape index (κ3) is 7.07. The molecule has 0 aliphatic carbocycles. The summed E-state index contributed by atoms with van der Waals surface area (Å²) in [6.45, 7) is 1.06. The van der Waals surface area contributed by atoms with Crippen LogP contribution in [0, 0.1) is 0 Å². The van der Waals surface area contributed by atoms with Crippen LogP contribution in [0.15, 0.2) is 58.7 Å². The fourth-order valence-electron chi connectivity index (χ4n) is 3.41. The molecule has 0 bridgehead atoms. The zero-order valence-corrected chi connectivity index (χ0v) is 20.2. The molecule has 12 nitrogen and oxygen atoms in total. The number of rotatable bonds is 11. The van der Waals surface area contributed by atoms with Crippen LogP contribution in [-0.2, 0) is 26.0 Å². The number of pyridine rings is 1. The number of hydrogen-bond donors (Lipinski definition) is 4. The number of nitrogens with zero attached hydrogens (tertiary/aromatic N) is 3. The summed E-state index contributed by atoms with van der Waals surface area (Å²) < 4.78 is 23.4. The Bertz CT molecular complexity index is 1200. The molecule has 2 rings (SSSR count). The number of nitrogens with two attached hydrogens (primary N) is 2. The average molecular weight is 505 g/mol. The van der Waals surface area contributed by atoms with Gasteiger partial charge >= 0.3 is 5.97 Å². The Kier molecular flexibility index (Phi) is 9.03. The lowest BCUT2D eigenvalue weighted by atomic mass is 9.98. The van der Waals surface area contributed by atoms with Crippen molar-refractivity contribution >= 4 is 33.6 Å². The second kappa shape index (κ2) is 11.5. The molecule has 1 heterocycles. The number of carbonyl (C=O) groups is 3. The van der Waals surface area contributed by atoms with Crippen molar-refractivity contribution in [2.75, 3.05) is 12.8 Å². The van der Waals surface area contributed by atoms with Gasteiger partial charge in [-0.1, -0.05) is 12.1 Å². The number of carboxylic acids is 1. The van der Waals surface area contributed by atoms with Crippen LogP contribution in [-0.4, -0.2) is 65.6 Å². The first kappa shape index (κ1) is 27.4. The third-order valence-corrected chi connectivity index (χ3v) is 6.22. The molecule has 2 amide bonds. The zero-order valence-electron chi connectivity index (χ0n) is 19.3. The third-order valence-electron chi connectivity index (χ3n) is 5.09. The maximum atomic E-state index is 13.3. The molecule has 35 heavy (non-hydrogen) atoms. The molecule has 1 aromatic heterocycles. The second-order valence-electron chi connectivity index (χ2n) is 7.75. The number of aromatic nitrogens is 1. The molecule has 0 aliphatic rings. The molecule has 1 atom stereocenters. The van der Waals surface area contributed by atoms with Gasteiger partial charge in [0.1, 0.15) is 0 Å². The van der Waals surface area contributed by atoms with E-state index in [9.17, 15) is 27.9 Å². The summed E-state index contributed by atoms with van der Waals surface area (Å²) in [6.07, 6.45) is 3.64. The topological polar surface area (TPSA) is 198 Å². The molecule has 188 valence electrons. The number of sulfone groups is 1. The summed E-state index contributed by atoms with van der Waals surface area (Å²) in [4.78, 5) is 47.0. The second-order valence-corrected chi connectivity index (χ2v) is 9.76. The van der Waals surface area contributed by atoms with Gasteiger partial charge in [-0.15, -0.1) is 0 Å². The molecule has 0 unspecified atom stereocenters. The fourth-order valence-corrected chi connectivity index (χ4v) is 4.04. The summed E-state index contributed by atoms with van der Waals surface area (Å²) in [5.74, 6) is -3.31. The summed E-state index contributed by atoms with van der Waals surface area (Å²) in [7, 11) is -3.42. The number of imide groups is 1. The monoisotopic (exact) mass is 504 g/mol. The van der Waals surface area contributed by atoms with Gasteiger partial charge in [-0.3, -0.25) is 24.9 Å². The highest BCUT2D eigenvalue weighted by molar-refractivity contribution is 7.90. The van der Waals surface area contributed by atoms with Gasteiger partial charge in [0, 0.05) is 38.7 Å². The van der Waals surface area contributed by atoms with Crippen LogP contribution >= 0.6 is 0 Å². The quantitative estimate of drug-likeness (QED) is 0.141. The van der Waals surface area contributed by atoms with E-state index < -0.39 is 33.3 Å². The highest BCUT2D eigenvalue weighted by atomic mass is 32.2. The van der Waals surface area contributed by atoms with Gasteiger partial charge in [0.05, 0.1) is 10.5 Å². The minimum absolute atomic E-state index is 0.0249. The van der Waals surface area contributed by atoms with E-state index in [0.717, 1.165) is 13.2 Å². The van der Waals surface area contributed by atoms with Crippen LogP contribution in [0.3, 0.4) is 0 Å². The van der Waals surface area contributed by atoms with Crippen molar-refractivity contribution in [3.63, 3.8) is 0 Å². The molecule has 1 aromatic carbocycles. The van der Waals surface area contributed by atoms with E-state index in [1.807, 2.05) is 0 Å². The van der Waals surface area contributed by atoms with Crippen LogP contribution in [0.1, 0.15) is 35.7 Å². The lowest BCUT2D eigenvalue weighted by Gasteiger charge is -2.39. The Morgan fingerprint density at radius 2 is 1.83 bits per heavy atom. The molecule has 0 saturated heterocycles. The maximum Gasteiger partial charge on any atom is 0.345 e. The van der Waals surface area contributed by atoms with Crippen molar-refractivity contribution in [2.45, 2.75) is 36.9 Å². The summed E-state index contributed by atoms with van der Waals surface area (Å²) >= 11 is 0. The van der Waals surface area contributed by atoms with E-state index >= 15 is 0 Å². The SMILES string of the molecule is CC(=O)N(C(=O)c1cccnc1)[C@](CCCN=C(N)N)(NCc1ccc(S(C)(=O)=O)cc1)C(=O)O. The Hall–Kier alpha value is -3.84. The van der Waals surface area contributed by atoms with Crippen molar-refractivity contribution in [1.82, 2.24) is 15.2 Å². The molecule has 0 spiro atoms. The predicted octanol–water partition coefficient (Wildman–Crippen LogP) is 0.0981. The Labute approximate surface area is 203 Å². The minimum Gasteiger partial charge on any atom is -0.478 e. The number of amides is 2. The number of nitrogens with one attached hydrogen (secondary N) is 1. The molecule has 2 aromatic rings. The molecule has 13 heteroatoms. The molecule has 6 N–H and O–H groups in total. The predicted molar refractivity (Wildman–Crippen MR) is 128 cm³/mol. The first-order chi connectivity index (χ1) is 16.4. The van der Waals surface area contributed by atoms with E-state index in [4.69, 9.17) is 11.5 Å². The highest BCUT2D eigenvalue weighted by Crippen LogP contribution is 2.24. The number of carbonyl (C=O) groups excluding carboxylic acids is 2. The molecule has 0 fully saturated rings. The Balaban J connectivity index is 2.47. The van der Waals surface area contributed by atoms with Gasteiger partial charge in [-0.25, -0.2) is 18.1 Å². The molecule has 0 saturated carbocycles. The number of aliphatic imine (C=N–C) groups is 1. The van der Waals surface area contributed by atoms with Crippen molar-refractivity contribution in [3.8, 4) is 0 Å². The van der Waals surface area contributed by atoms with Gasteiger partial charge < -0.3 is 16.6 Å². The first-order valence-electron chi connectivity index (χ1n) is 10.5. The molecule has 0 radical (unpaired) electrons. The van der Waals surface area contributed by atoms with Crippen LogP contribution in [0.2, 0.25) is 0 Å². The fraction of sp³-hybridized carbons (Fsp3) is 0.318. The van der Waals surface area contributed by atoms with Crippen molar-refractivity contribution in [1.29, 1.82) is 0 Å². The largest absolute Gasteiger partial charge is 0.478 e. The average Bonchev–Trinajstić information content (AvgIpc) is 2.79. The summed E-state index contributed by atoms with van der Waals surface area (Å²) in [5, 5.41) is 13.1. The van der Waals surface area contributed by atoms with Crippen LogP contribution in [0.5, 0.6) is 0 Å². The van der Waals surface area contributed by atoms with Gasteiger partial charge in [0.15, 0.2) is 15.8 Å². The van der Waals surface area contributed by atoms with Crippen molar-refractivity contribution in [3.05, 3.63) is 59.9 Å². The van der Waals surface area contributed by atoms with Gasteiger partial charge in [0.25, 0.3) is 5.91 Å². The van der Waals surface area contributed by atoms with Gasteiger partial charge in [-0.2, -0.15) is 0 Å². The Morgan fingerprint density at radius 3 is 2.31 bits per heavy atom. The number of hydrogen-bond acceptors (Lipinski definition) is 8. The maximum absolute atomic E-state index is 13.3. The van der Waals surface area contributed by atoms with Crippen molar-refractivity contribution in [2.24, 2.45) is 16.5 Å². The normalized spacial score (nSPS) is 12.9. The van der Waals surface area contributed by atoms with Crippen LogP contribution in [0.4, 0.5) is 0 Å². The van der Waals surface area contributed by atoms with Gasteiger partial charge in [0.2, 0.25) is 11.6 Å². The zero-order chi connectivity index (χ0) is 26.2. The van der Waals surface area contributed by atoms with E-state index in [1.54, 1.807) is 0 Å². The summed E-state index contributed by atoms with van der Waals surface area (Å²) in [6, 6.07) is 8.70. The smallest absolute Gasteiger partial charge is 0.345 e. The summed E-state index contributed by atoms with van der Waals surface area (Å²) in [5.41, 5.74) is 9.08. The van der Waals surface area contributed by atoms with E-state index in [-0.39, 0.29) is 42.3 Å². The standard InChI is InChI=1S/C22H28N6O6S/c1-15(29)28(19(30)17-5-3-11-25-14-17)22(20(31)32,10-4-12-26-21(23)24)27-13-16-6-8-18(9-7-16)35(2,33)34/h3,5-9,11,14,27H,4,10,12-13H2,1-2H3,(H,31,32)(H4,23,24,26)/t22-/m0/s1. The van der Waals surface area contributed by atoms with E-state index in [2.05, 4.69) is 15.3 Å². The number of carboxylic acid groups (broad SMARTS) is 1. The van der Waals surface area contributed by atoms with Crippen molar-refractivity contribution < 1.29 is 27.9 Å². The van der Waals surface area contributed by atoms with Gasteiger partial charge in [-0.05, 0) is 42.7 Å². The molecular weight excluding hydrogens is 476 g/mol. The first-order valence-corrected chi connectivity index (χ1v) is 12.4. The lowest BCUT2D eigenvalue weighted by molar-refractivity contribution is -0.159. The molecule has 0 aliphatic heterocycles.